The second-order valence-corrected chi connectivity index (χ2v) is 5.44. The average Bonchev–Trinajstić information content (AvgIpc) is 2.83. The molecule has 0 fully saturated rings. The Morgan fingerprint density at radius 1 is 1.11 bits per heavy atom. The van der Waals surface area contributed by atoms with Crippen molar-refractivity contribution in [3.63, 3.8) is 0 Å². The Morgan fingerprint density at radius 2 is 1.94 bits per heavy atom. The molecule has 3 aromatic rings. The predicted molar refractivity (Wildman–Crippen MR) is 77.2 cm³/mol. The number of carbonyl (C=O) groups excluding carboxylic acids is 1. The van der Waals surface area contributed by atoms with Crippen LogP contribution < -0.4 is 0 Å². The molecule has 0 aliphatic rings. The number of ketones is 1. The smallest absolute Gasteiger partial charge is 0.195 e. The molecule has 0 radical (unpaired) electrons. The highest BCUT2D eigenvalue weighted by Crippen LogP contribution is 2.26. The van der Waals surface area contributed by atoms with Crippen molar-refractivity contribution in [1.82, 2.24) is 4.98 Å². The van der Waals surface area contributed by atoms with Crippen LogP contribution in [0.3, 0.4) is 0 Å². The Kier molecular flexibility index (Phi) is 2.97. The van der Waals surface area contributed by atoms with Gasteiger partial charge in [0, 0.05) is 37.9 Å². The summed E-state index contributed by atoms with van der Waals surface area (Å²) in [5.74, 6) is 0.0294. The maximum absolute atomic E-state index is 12.5. The van der Waals surface area contributed by atoms with Gasteiger partial charge in [0.25, 0.3) is 0 Å². The number of fused-ring (bicyclic) bond motifs is 1. The van der Waals surface area contributed by atoms with E-state index in [1.165, 1.54) is 11.3 Å². The van der Waals surface area contributed by atoms with Gasteiger partial charge < -0.3 is 0 Å². The van der Waals surface area contributed by atoms with Gasteiger partial charge in [0.05, 0.1) is 5.52 Å². The average molecular weight is 318 g/mol. The fraction of sp³-hybridized carbons (Fsp3) is 0. The molecule has 3 rings (SSSR count). The maximum atomic E-state index is 12.5. The van der Waals surface area contributed by atoms with Gasteiger partial charge in [0.1, 0.15) is 0 Å². The van der Waals surface area contributed by atoms with Crippen molar-refractivity contribution in [2.24, 2.45) is 0 Å². The van der Waals surface area contributed by atoms with Crippen LogP contribution in [0.4, 0.5) is 0 Å². The summed E-state index contributed by atoms with van der Waals surface area (Å²) in [5, 5.41) is 4.67. The van der Waals surface area contributed by atoms with E-state index in [-0.39, 0.29) is 5.78 Å². The molecule has 4 heteroatoms. The molecule has 0 aliphatic carbocycles. The van der Waals surface area contributed by atoms with Crippen LogP contribution in [-0.4, -0.2) is 10.8 Å². The van der Waals surface area contributed by atoms with E-state index in [1.807, 2.05) is 35.0 Å². The molecular weight excluding hydrogens is 310 g/mol. The second-order valence-electron chi connectivity index (χ2n) is 3.84. The van der Waals surface area contributed by atoms with E-state index < -0.39 is 0 Å². The van der Waals surface area contributed by atoms with Gasteiger partial charge in [-0.3, -0.25) is 9.78 Å². The van der Waals surface area contributed by atoms with Gasteiger partial charge in [-0.2, -0.15) is 11.3 Å². The fourth-order valence-electron chi connectivity index (χ4n) is 1.88. The number of carbonyl (C=O) groups is 1. The highest BCUT2D eigenvalue weighted by Gasteiger charge is 2.15. The minimum absolute atomic E-state index is 0.0294. The molecule has 1 aromatic carbocycles. The van der Waals surface area contributed by atoms with Crippen molar-refractivity contribution in [3.8, 4) is 0 Å². The van der Waals surface area contributed by atoms with Crippen LogP contribution in [-0.2, 0) is 0 Å². The first kappa shape index (κ1) is 11.6. The van der Waals surface area contributed by atoms with Crippen LogP contribution in [0.1, 0.15) is 15.9 Å². The van der Waals surface area contributed by atoms with Gasteiger partial charge in [0.2, 0.25) is 0 Å². The summed E-state index contributed by atoms with van der Waals surface area (Å²) in [6.07, 6.45) is 1.68. The summed E-state index contributed by atoms with van der Waals surface area (Å²) < 4.78 is 0.846. The number of aromatic nitrogens is 1. The van der Waals surface area contributed by atoms with E-state index in [0.29, 0.717) is 11.1 Å². The number of para-hydroxylation sites is 1. The number of pyridine rings is 1. The van der Waals surface area contributed by atoms with Crippen molar-refractivity contribution in [2.75, 3.05) is 0 Å². The Hall–Kier alpha value is -1.52. The Bertz CT molecular complexity index is 730. The summed E-state index contributed by atoms with van der Waals surface area (Å²) >= 11 is 4.91. The number of halogens is 1. The van der Waals surface area contributed by atoms with Crippen LogP contribution >= 0.6 is 27.3 Å². The monoisotopic (exact) mass is 317 g/mol. The van der Waals surface area contributed by atoms with Crippen molar-refractivity contribution in [1.29, 1.82) is 0 Å². The number of rotatable bonds is 2. The molecule has 0 bridgehead atoms. The molecule has 0 saturated carbocycles. The van der Waals surface area contributed by atoms with Gasteiger partial charge in [-0.15, -0.1) is 0 Å². The highest BCUT2D eigenvalue weighted by atomic mass is 79.9. The molecule has 88 valence electrons. The summed E-state index contributed by atoms with van der Waals surface area (Å²) in [5.41, 5.74) is 2.24. The Morgan fingerprint density at radius 3 is 2.72 bits per heavy atom. The number of benzene rings is 1. The summed E-state index contributed by atoms with van der Waals surface area (Å²) in [4.78, 5) is 16.8. The zero-order valence-corrected chi connectivity index (χ0v) is 11.7. The van der Waals surface area contributed by atoms with Gasteiger partial charge in [-0.25, -0.2) is 0 Å². The van der Waals surface area contributed by atoms with Crippen molar-refractivity contribution in [3.05, 3.63) is 62.9 Å². The fourth-order valence-corrected chi connectivity index (χ4v) is 3.34. The Balaban J connectivity index is 2.21. The molecule has 0 saturated heterocycles. The third kappa shape index (κ3) is 1.87. The van der Waals surface area contributed by atoms with E-state index in [0.717, 1.165) is 15.4 Å². The number of hydrogen-bond acceptors (Lipinski definition) is 3. The van der Waals surface area contributed by atoms with E-state index in [1.54, 1.807) is 12.3 Å². The van der Waals surface area contributed by atoms with Gasteiger partial charge in [-0.05, 0) is 28.1 Å². The SMILES string of the molecule is O=C(c1cscc1Br)c1ccnc2ccccc12. The normalized spacial score (nSPS) is 10.7. The maximum Gasteiger partial charge on any atom is 0.195 e. The first-order valence-corrected chi connectivity index (χ1v) is 7.11. The van der Waals surface area contributed by atoms with E-state index in [2.05, 4.69) is 20.9 Å². The van der Waals surface area contributed by atoms with Gasteiger partial charge >= 0.3 is 0 Å². The molecule has 0 unspecified atom stereocenters. The second kappa shape index (κ2) is 4.63. The lowest BCUT2D eigenvalue weighted by Gasteiger charge is -2.04. The van der Waals surface area contributed by atoms with Crippen LogP contribution in [0.5, 0.6) is 0 Å². The summed E-state index contributed by atoms with van der Waals surface area (Å²) in [6, 6.07) is 9.45. The van der Waals surface area contributed by atoms with Crippen LogP contribution in [0, 0.1) is 0 Å². The van der Waals surface area contributed by atoms with Crippen molar-refractivity contribution in [2.45, 2.75) is 0 Å². The molecule has 18 heavy (non-hydrogen) atoms. The van der Waals surface area contributed by atoms with Crippen LogP contribution in [0.25, 0.3) is 10.9 Å². The lowest BCUT2D eigenvalue weighted by molar-refractivity contribution is 0.104. The molecular formula is C14H8BrNOS. The minimum atomic E-state index is 0.0294. The highest BCUT2D eigenvalue weighted by molar-refractivity contribution is 9.10. The Labute approximate surface area is 116 Å². The van der Waals surface area contributed by atoms with Gasteiger partial charge in [-0.1, -0.05) is 18.2 Å². The molecule has 2 heterocycles. The third-order valence-corrected chi connectivity index (χ3v) is 4.46. The zero-order chi connectivity index (χ0) is 12.5. The quantitative estimate of drug-likeness (QED) is 0.660. The summed E-state index contributed by atoms with van der Waals surface area (Å²) in [7, 11) is 0. The molecule has 0 amide bonds. The van der Waals surface area contributed by atoms with Crippen molar-refractivity contribution < 1.29 is 4.79 Å². The number of thiophene rings is 1. The van der Waals surface area contributed by atoms with Crippen LogP contribution in [0.15, 0.2) is 51.8 Å². The number of hydrogen-bond donors (Lipinski definition) is 0. The molecule has 0 spiro atoms. The summed E-state index contributed by atoms with van der Waals surface area (Å²) in [6.45, 7) is 0. The van der Waals surface area contributed by atoms with Crippen LogP contribution in [0.2, 0.25) is 0 Å². The number of nitrogens with zero attached hydrogens (tertiary/aromatic N) is 1. The molecule has 0 N–H and O–H groups in total. The first-order chi connectivity index (χ1) is 8.77. The van der Waals surface area contributed by atoms with Crippen molar-refractivity contribution >= 4 is 44.0 Å². The largest absolute Gasteiger partial charge is 0.289 e. The minimum Gasteiger partial charge on any atom is -0.289 e. The van der Waals surface area contributed by atoms with E-state index in [9.17, 15) is 4.79 Å². The molecule has 0 atom stereocenters. The van der Waals surface area contributed by atoms with Gasteiger partial charge in [0.15, 0.2) is 5.78 Å². The lowest BCUT2D eigenvalue weighted by atomic mass is 10.0. The molecule has 2 nitrogen and oxygen atoms in total. The zero-order valence-electron chi connectivity index (χ0n) is 9.26. The predicted octanol–water partition coefficient (Wildman–Crippen LogP) is 4.29. The lowest BCUT2D eigenvalue weighted by Crippen LogP contribution is -2.01. The van der Waals surface area contributed by atoms with E-state index >= 15 is 0 Å². The standard InChI is InChI=1S/C14H8BrNOS/c15-12-8-18-7-11(12)14(17)10-5-6-16-13-4-2-1-3-9(10)13/h1-8H. The first-order valence-electron chi connectivity index (χ1n) is 5.37. The third-order valence-electron chi connectivity index (χ3n) is 2.75. The molecule has 0 aliphatic heterocycles. The topological polar surface area (TPSA) is 30.0 Å². The van der Waals surface area contributed by atoms with E-state index in [4.69, 9.17) is 0 Å². The molecule has 2 aromatic heterocycles.